The zero-order chi connectivity index (χ0) is 7.52. The molecule has 64 valence electrons. The summed E-state index contributed by atoms with van der Waals surface area (Å²) < 4.78 is 0. The molecule has 2 rings (SSSR count). The van der Waals surface area contributed by atoms with E-state index in [1.807, 2.05) is 0 Å². The second-order valence-electron chi connectivity index (χ2n) is 4.10. The first-order chi connectivity index (χ1) is 5.47. The van der Waals surface area contributed by atoms with E-state index in [2.05, 4.69) is 5.32 Å². The lowest BCUT2D eigenvalue weighted by molar-refractivity contribution is 0.267. The van der Waals surface area contributed by atoms with Gasteiger partial charge in [0.1, 0.15) is 0 Å². The average Bonchev–Trinajstić information content (AvgIpc) is 2.28. The Balaban J connectivity index is 1.93. The Morgan fingerprint density at radius 1 is 0.818 bits per heavy atom. The minimum atomic E-state index is 0.895. The van der Waals surface area contributed by atoms with E-state index >= 15 is 0 Å². The lowest BCUT2D eigenvalue weighted by atomic mass is 9.82. The molecule has 1 saturated heterocycles. The maximum atomic E-state index is 3.68. The lowest BCUT2D eigenvalue weighted by Gasteiger charge is -2.30. The Hall–Kier alpha value is -0.0400. The molecule has 0 spiro atoms. The highest BCUT2D eigenvalue weighted by atomic mass is 14.9. The molecule has 2 atom stereocenters. The second kappa shape index (κ2) is 3.57. The summed E-state index contributed by atoms with van der Waals surface area (Å²) in [6, 6.07) is 0.895. The predicted octanol–water partition coefficient (Wildman–Crippen LogP) is 2.32. The van der Waals surface area contributed by atoms with Gasteiger partial charge >= 0.3 is 0 Å². The van der Waals surface area contributed by atoms with Gasteiger partial charge in [0, 0.05) is 6.04 Å². The Labute approximate surface area is 69.6 Å². The van der Waals surface area contributed by atoms with Gasteiger partial charge in [-0.1, -0.05) is 19.3 Å². The van der Waals surface area contributed by atoms with Crippen LogP contribution in [-0.4, -0.2) is 12.6 Å². The third-order valence-electron chi connectivity index (χ3n) is 3.32. The van der Waals surface area contributed by atoms with Gasteiger partial charge in [-0.2, -0.15) is 0 Å². The van der Waals surface area contributed by atoms with Crippen LogP contribution in [0.25, 0.3) is 0 Å². The van der Waals surface area contributed by atoms with Crippen LogP contribution < -0.4 is 5.32 Å². The van der Waals surface area contributed by atoms with Crippen LogP contribution in [0.15, 0.2) is 0 Å². The fraction of sp³-hybridized carbons (Fsp3) is 1.00. The van der Waals surface area contributed by atoms with Gasteiger partial charge in [-0.3, -0.25) is 0 Å². The average molecular weight is 153 g/mol. The standard InChI is InChI=1S/C10H19N/c1-2-7-10-9(5-1)6-3-4-8-11-10/h9-11H,1-8H2/t9-,10+/m1/s1. The number of hydrogen-bond donors (Lipinski definition) is 1. The summed E-state index contributed by atoms with van der Waals surface area (Å²) in [5, 5.41) is 3.68. The van der Waals surface area contributed by atoms with E-state index in [1.165, 1.54) is 51.5 Å². The maximum Gasteiger partial charge on any atom is 0.00953 e. The Bertz CT molecular complexity index is 108. The molecule has 0 aromatic carbocycles. The van der Waals surface area contributed by atoms with Crippen molar-refractivity contribution in [1.82, 2.24) is 5.32 Å². The van der Waals surface area contributed by atoms with E-state index in [0.29, 0.717) is 0 Å². The Kier molecular flexibility index (Phi) is 2.47. The van der Waals surface area contributed by atoms with Crippen molar-refractivity contribution in [1.29, 1.82) is 0 Å². The molecule has 0 bridgehead atoms. The van der Waals surface area contributed by atoms with E-state index < -0.39 is 0 Å². The first kappa shape index (κ1) is 7.60. The van der Waals surface area contributed by atoms with Crippen molar-refractivity contribution in [2.24, 2.45) is 5.92 Å². The van der Waals surface area contributed by atoms with E-state index in [9.17, 15) is 0 Å². The smallest absolute Gasteiger partial charge is 0.00953 e. The largest absolute Gasteiger partial charge is 0.314 e. The first-order valence-corrected chi connectivity index (χ1v) is 5.20. The Morgan fingerprint density at radius 2 is 1.55 bits per heavy atom. The molecule has 11 heavy (non-hydrogen) atoms. The van der Waals surface area contributed by atoms with E-state index in [1.54, 1.807) is 0 Å². The van der Waals surface area contributed by atoms with Crippen LogP contribution in [0.2, 0.25) is 0 Å². The molecule has 1 nitrogen and oxygen atoms in total. The normalized spacial score (nSPS) is 39.3. The molecule has 0 aromatic heterocycles. The van der Waals surface area contributed by atoms with Crippen molar-refractivity contribution in [2.75, 3.05) is 6.54 Å². The molecule has 1 heterocycles. The maximum absolute atomic E-state index is 3.68. The minimum absolute atomic E-state index is 0.895. The number of rotatable bonds is 0. The van der Waals surface area contributed by atoms with Gasteiger partial charge in [0.25, 0.3) is 0 Å². The molecule has 0 aromatic rings. The summed E-state index contributed by atoms with van der Waals surface area (Å²) in [5.74, 6) is 1.03. The van der Waals surface area contributed by atoms with Gasteiger partial charge in [0.15, 0.2) is 0 Å². The van der Waals surface area contributed by atoms with Gasteiger partial charge in [-0.25, -0.2) is 0 Å². The van der Waals surface area contributed by atoms with E-state index in [-0.39, 0.29) is 0 Å². The van der Waals surface area contributed by atoms with Crippen LogP contribution in [0, 0.1) is 5.92 Å². The van der Waals surface area contributed by atoms with Crippen LogP contribution in [0.4, 0.5) is 0 Å². The van der Waals surface area contributed by atoms with Crippen molar-refractivity contribution in [3.63, 3.8) is 0 Å². The molecule has 1 saturated carbocycles. The van der Waals surface area contributed by atoms with Gasteiger partial charge in [0.2, 0.25) is 0 Å². The minimum Gasteiger partial charge on any atom is -0.314 e. The summed E-state index contributed by atoms with van der Waals surface area (Å²) >= 11 is 0. The number of fused-ring (bicyclic) bond motifs is 1. The molecule has 1 N–H and O–H groups in total. The van der Waals surface area contributed by atoms with Crippen molar-refractivity contribution in [2.45, 2.75) is 51.0 Å². The van der Waals surface area contributed by atoms with E-state index in [0.717, 1.165) is 12.0 Å². The highest BCUT2D eigenvalue weighted by Crippen LogP contribution is 2.29. The number of hydrogen-bond acceptors (Lipinski definition) is 1. The second-order valence-corrected chi connectivity index (χ2v) is 4.10. The Morgan fingerprint density at radius 3 is 2.45 bits per heavy atom. The van der Waals surface area contributed by atoms with Gasteiger partial charge in [-0.05, 0) is 38.1 Å². The van der Waals surface area contributed by atoms with Crippen molar-refractivity contribution >= 4 is 0 Å². The van der Waals surface area contributed by atoms with Crippen molar-refractivity contribution < 1.29 is 0 Å². The summed E-state index contributed by atoms with van der Waals surface area (Å²) in [6.45, 7) is 1.28. The van der Waals surface area contributed by atoms with E-state index in [4.69, 9.17) is 0 Å². The van der Waals surface area contributed by atoms with Crippen LogP contribution in [-0.2, 0) is 0 Å². The molecule has 1 heteroatoms. The van der Waals surface area contributed by atoms with Crippen LogP contribution in [0.3, 0.4) is 0 Å². The summed E-state index contributed by atoms with van der Waals surface area (Å²) in [4.78, 5) is 0. The molecule has 1 aliphatic heterocycles. The van der Waals surface area contributed by atoms with Crippen LogP contribution in [0.1, 0.15) is 44.9 Å². The van der Waals surface area contributed by atoms with Crippen LogP contribution in [0.5, 0.6) is 0 Å². The van der Waals surface area contributed by atoms with Crippen molar-refractivity contribution in [3.05, 3.63) is 0 Å². The zero-order valence-electron chi connectivity index (χ0n) is 7.31. The van der Waals surface area contributed by atoms with Gasteiger partial charge in [-0.15, -0.1) is 0 Å². The zero-order valence-corrected chi connectivity index (χ0v) is 7.31. The molecular formula is C10H19N. The molecule has 0 radical (unpaired) electrons. The highest BCUT2D eigenvalue weighted by Gasteiger charge is 2.25. The quantitative estimate of drug-likeness (QED) is 0.563. The highest BCUT2D eigenvalue weighted by molar-refractivity contribution is 4.82. The number of nitrogens with one attached hydrogen (secondary N) is 1. The summed E-state index contributed by atoms with van der Waals surface area (Å²) in [5.41, 5.74) is 0. The van der Waals surface area contributed by atoms with Crippen LogP contribution >= 0.6 is 0 Å². The topological polar surface area (TPSA) is 12.0 Å². The molecule has 0 amide bonds. The summed E-state index contributed by atoms with van der Waals surface area (Å²) in [6.07, 6.45) is 10.3. The molecule has 2 aliphatic rings. The van der Waals surface area contributed by atoms with Gasteiger partial charge < -0.3 is 5.32 Å². The molecule has 0 unspecified atom stereocenters. The lowest BCUT2D eigenvalue weighted by Crippen LogP contribution is -2.36. The molecular weight excluding hydrogens is 134 g/mol. The SMILES string of the molecule is C1CC[C@H]2CCCC[C@@H]2NC1. The fourth-order valence-electron chi connectivity index (χ4n) is 2.64. The third-order valence-corrected chi connectivity index (χ3v) is 3.32. The third kappa shape index (κ3) is 1.76. The monoisotopic (exact) mass is 153 g/mol. The summed E-state index contributed by atoms with van der Waals surface area (Å²) in [7, 11) is 0. The first-order valence-electron chi connectivity index (χ1n) is 5.20. The fourth-order valence-corrected chi connectivity index (χ4v) is 2.64. The molecule has 1 aliphatic carbocycles. The van der Waals surface area contributed by atoms with Gasteiger partial charge in [0.05, 0.1) is 0 Å². The predicted molar refractivity (Wildman–Crippen MR) is 47.6 cm³/mol. The molecule has 2 fully saturated rings. The van der Waals surface area contributed by atoms with Crippen molar-refractivity contribution in [3.8, 4) is 0 Å².